The lowest BCUT2D eigenvalue weighted by molar-refractivity contribution is 0.0945. The first-order valence-corrected chi connectivity index (χ1v) is 6.48. The van der Waals surface area contributed by atoms with Gasteiger partial charge >= 0.3 is 0 Å². The van der Waals surface area contributed by atoms with Crippen LogP contribution in [0.1, 0.15) is 25.7 Å². The van der Waals surface area contributed by atoms with Crippen molar-refractivity contribution in [2.45, 2.75) is 25.7 Å². The first-order chi connectivity index (χ1) is 7.70. The van der Waals surface area contributed by atoms with E-state index in [1.165, 1.54) is 51.9 Å². The summed E-state index contributed by atoms with van der Waals surface area (Å²) in [6, 6.07) is 2.33. The van der Waals surface area contributed by atoms with Crippen LogP contribution in [0.3, 0.4) is 0 Å². The van der Waals surface area contributed by atoms with Crippen molar-refractivity contribution in [3.63, 3.8) is 0 Å². The highest BCUT2D eigenvalue weighted by molar-refractivity contribution is 5.14. The predicted octanol–water partition coefficient (Wildman–Crippen LogP) is 1.32. The van der Waals surface area contributed by atoms with E-state index in [1.54, 1.807) is 0 Å². The van der Waals surface area contributed by atoms with Gasteiger partial charge in [-0.15, -0.1) is 0 Å². The van der Waals surface area contributed by atoms with Crippen molar-refractivity contribution >= 4 is 0 Å². The Hall–Kier alpha value is -0.590. The molecule has 0 aromatic rings. The molecule has 0 radical (unpaired) electrons. The number of rotatable bonds is 1. The summed E-state index contributed by atoms with van der Waals surface area (Å²) in [5.41, 5.74) is 1.05. The molecule has 1 aliphatic carbocycles. The normalized spacial score (nSPS) is 44.0. The highest BCUT2D eigenvalue weighted by Crippen LogP contribution is 2.59. The lowest BCUT2D eigenvalue weighted by atomic mass is 9.60. The molecule has 2 heterocycles. The van der Waals surface area contributed by atoms with Gasteiger partial charge in [-0.05, 0) is 19.9 Å². The van der Waals surface area contributed by atoms with Gasteiger partial charge in [0.2, 0.25) is 0 Å². The molecule has 2 aliphatic heterocycles. The second kappa shape index (κ2) is 3.45. The molecule has 1 saturated carbocycles. The summed E-state index contributed by atoms with van der Waals surface area (Å²) in [6.45, 7) is 5.49. The topological polar surface area (TPSA) is 30.3 Å². The van der Waals surface area contributed by atoms with Crippen molar-refractivity contribution in [3.05, 3.63) is 0 Å². The summed E-state index contributed by atoms with van der Waals surface area (Å²) < 4.78 is 0. The molecule has 2 saturated heterocycles. The van der Waals surface area contributed by atoms with E-state index in [-0.39, 0.29) is 0 Å². The summed E-state index contributed by atoms with van der Waals surface area (Å²) in [5.74, 6) is 0. The number of nitrogens with zero attached hydrogens (tertiary/aromatic N) is 3. The van der Waals surface area contributed by atoms with E-state index < -0.39 is 0 Å². The van der Waals surface area contributed by atoms with E-state index in [0.29, 0.717) is 17.4 Å². The number of hydrogen-bond donors (Lipinski definition) is 0. The smallest absolute Gasteiger partial charge is 0.0866 e. The van der Waals surface area contributed by atoms with Crippen LogP contribution in [0.4, 0.5) is 0 Å². The van der Waals surface area contributed by atoms with Gasteiger partial charge in [0.1, 0.15) is 0 Å². The molecule has 0 amide bonds. The molecule has 3 heteroatoms. The minimum atomic E-state index is 0.525. The number of hydrogen-bond acceptors (Lipinski definition) is 3. The Bertz CT molecular complexity index is 311. The molecule has 0 aromatic carbocycles. The fourth-order valence-electron chi connectivity index (χ4n) is 4.76. The minimum absolute atomic E-state index is 0.525. The van der Waals surface area contributed by atoms with E-state index in [2.05, 4.69) is 22.9 Å². The minimum Gasteiger partial charge on any atom is -0.305 e. The third kappa shape index (κ3) is 1.26. The number of likely N-dealkylation sites (tertiary alicyclic amines) is 2. The first-order valence-electron chi connectivity index (χ1n) is 6.48. The highest BCUT2D eigenvalue weighted by atomic mass is 15.3. The fourth-order valence-corrected chi connectivity index (χ4v) is 4.76. The van der Waals surface area contributed by atoms with Crippen LogP contribution in [0, 0.1) is 22.2 Å². The van der Waals surface area contributed by atoms with E-state index in [1.807, 2.05) is 0 Å². The zero-order chi connectivity index (χ0) is 11.2. The SMILES string of the molecule is CN1CC23CCCCC2(C1)CN(CC#N)C3. The van der Waals surface area contributed by atoms with Gasteiger partial charge in [-0.2, -0.15) is 5.26 Å². The molecule has 88 valence electrons. The standard InChI is InChI=1S/C13H21N3/c1-15-8-12-4-2-3-5-13(12,9-15)11-16(10-12)7-6-14/h2-5,7-11H2,1H3. The largest absolute Gasteiger partial charge is 0.305 e. The third-order valence-electron chi connectivity index (χ3n) is 5.18. The van der Waals surface area contributed by atoms with Crippen molar-refractivity contribution in [2.75, 3.05) is 39.8 Å². The fraction of sp³-hybridized carbons (Fsp3) is 0.923. The zero-order valence-electron chi connectivity index (χ0n) is 10.2. The Kier molecular flexibility index (Phi) is 2.28. The maximum atomic E-state index is 8.87. The molecule has 0 bridgehead atoms. The Morgan fingerprint density at radius 1 is 1.06 bits per heavy atom. The molecule has 3 nitrogen and oxygen atoms in total. The Morgan fingerprint density at radius 2 is 1.62 bits per heavy atom. The average Bonchev–Trinajstić information content (AvgIpc) is 2.65. The van der Waals surface area contributed by atoms with E-state index in [9.17, 15) is 0 Å². The summed E-state index contributed by atoms with van der Waals surface area (Å²) in [6.07, 6.45) is 5.57. The predicted molar refractivity (Wildman–Crippen MR) is 62.9 cm³/mol. The van der Waals surface area contributed by atoms with Crippen LogP contribution in [0.2, 0.25) is 0 Å². The Balaban J connectivity index is 1.89. The van der Waals surface area contributed by atoms with Crippen LogP contribution >= 0.6 is 0 Å². The lowest BCUT2D eigenvalue weighted by Gasteiger charge is -2.42. The van der Waals surface area contributed by atoms with Gasteiger partial charge in [0.25, 0.3) is 0 Å². The van der Waals surface area contributed by atoms with Gasteiger partial charge in [-0.25, -0.2) is 0 Å². The van der Waals surface area contributed by atoms with Crippen LogP contribution in [0.15, 0.2) is 0 Å². The van der Waals surface area contributed by atoms with Crippen LogP contribution in [-0.2, 0) is 0 Å². The van der Waals surface area contributed by atoms with Crippen molar-refractivity contribution in [3.8, 4) is 6.07 Å². The third-order valence-corrected chi connectivity index (χ3v) is 5.18. The molecule has 0 aromatic heterocycles. The molecule has 2 atom stereocenters. The quantitative estimate of drug-likeness (QED) is 0.623. The summed E-state index contributed by atoms with van der Waals surface area (Å²) in [7, 11) is 2.27. The Morgan fingerprint density at radius 3 is 2.12 bits per heavy atom. The molecule has 0 N–H and O–H groups in total. The van der Waals surface area contributed by atoms with Crippen LogP contribution < -0.4 is 0 Å². The molecular formula is C13H21N3. The van der Waals surface area contributed by atoms with Crippen LogP contribution in [0.25, 0.3) is 0 Å². The zero-order valence-corrected chi connectivity index (χ0v) is 10.2. The second-order valence-corrected chi connectivity index (χ2v) is 6.24. The van der Waals surface area contributed by atoms with E-state index >= 15 is 0 Å². The van der Waals surface area contributed by atoms with Gasteiger partial charge in [0.15, 0.2) is 0 Å². The highest BCUT2D eigenvalue weighted by Gasteiger charge is 2.62. The van der Waals surface area contributed by atoms with Crippen molar-refractivity contribution in [1.29, 1.82) is 5.26 Å². The maximum Gasteiger partial charge on any atom is 0.0866 e. The van der Waals surface area contributed by atoms with Gasteiger partial charge in [-0.1, -0.05) is 12.8 Å². The van der Waals surface area contributed by atoms with Crippen LogP contribution in [0.5, 0.6) is 0 Å². The molecule has 3 rings (SSSR count). The second-order valence-electron chi connectivity index (χ2n) is 6.24. The summed E-state index contributed by atoms with van der Waals surface area (Å²) in [5, 5.41) is 8.87. The van der Waals surface area contributed by atoms with Crippen molar-refractivity contribution < 1.29 is 0 Å². The molecule has 3 fully saturated rings. The monoisotopic (exact) mass is 219 g/mol. The van der Waals surface area contributed by atoms with Gasteiger partial charge in [0, 0.05) is 37.0 Å². The number of nitriles is 1. The van der Waals surface area contributed by atoms with Crippen molar-refractivity contribution in [2.24, 2.45) is 10.8 Å². The maximum absolute atomic E-state index is 8.87. The van der Waals surface area contributed by atoms with Gasteiger partial charge in [-0.3, -0.25) is 4.90 Å². The molecule has 0 spiro atoms. The van der Waals surface area contributed by atoms with Gasteiger partial charge < -0.3 is 4.90 Å². The van der Waals surface area contributed by atoms with Crippen LogP contribution in [-0.4, -0.2) is 49.6 Å². The van der Waals surface area contributed by atoms with E-state index in [4.69, 9.17) is 5.26 Å². The van der Waals surface area contributed by atoms with Gasteiger partial charge in [0.05, 0.1) is 12.6 Å². The lowest BCUT2D eigenvalue weighted by Crippen LogP contribution is -2.42. The molecular weight excluding hydrogens is 198 g/mol. The first kappa shape index (κ1) is 10.6. The average molecular weight is 219 g/mol. The summed E-state index contributed by atoms with van der Waals surface area (Å²) in [4.78, 5) is 4.92. The summed E-state index contributed by atoms with van der Waals surface area (Å²) >= 11 is 0. The van der Waals surface area contributed by atoms with E-state index in [0.717, 1.165) is 0 Å². The molecule has 3 aliphatic rings. The molecule has 2 unspecified atom stereocenters. The Labute approximate surface area is 98.0 Å². The molecule has 16 heavy (non-hydrogen) atoms. The van der Waals surface area contributed by atoms with Crippen molar-refractivity contribution in [1.82, 2.24) is 9.80 Å².